The lowest BCUT2D eigenvalue weighted by Gasteiger charge is -2.26. The van der Waals surface area contributed by atoms with Crippen molar-refractivity contribution in [2.45, 2.75) is 52.0 Å². The van der Waals surface area contributed by atoms with E-state index in [0.717, 1.165) is 19.3 Å². The summed E-state index contributed by atoms with van der Waals surface area (Å²) in [5.74, 6) is -1.72. The first-order valence-corrected chi connectivity index (χ1v) is 9.12. The highest BCUT2D eigenvalue weighted by atomic mass is 35.5. The standard InChI is InChI=1S/C19H24ClNO4/c1-3-17(22)15(19(24)25-4-2)10-12-8-9-13(11-16(12)20)18(23)21-14-6-5-7-14/h8-9,11,14-15H,3-7,10H2,1-2H3,(H,21,23). The molecule has 1 fully saturated rings. The number of amides is 1. The first kappa shape index (κ1) is 19.4. The van der Waals surface area contributed by atoms with Gasteiger partial charge in [-0.25, -0.2) is 0 Å². The quantitative estimate of drug-likeness (QED) is 0.566. The minimum Gasteiger partial charge on any atom is -0.465 e. The number of Topliss-reactive ketones (excluding diaryl/α,β-unsaturated/α-hetero) is 1. The molecule has 136 valence electrons. The number of benzene rings is 1. The highest BCUT2D eigenvalue weighted by Gasteiger charge is 2.28. The van der Waals surface area contributed by atoms with E-state index in [4.69, 9.17) is 16.3 Å². The average Bonchev–Trinajstić information content (AvgIpc) is 2.56. The summed E-state index contributed by atoms with van der Waals surface area (Å²) in [4.78, 5) is 36.3. The van der Waals surface area contributed by atoms with Crippen LogP contribution in [0, 0.1) is 5.92 Å². The molecule has 1 aromatic carbocycles. The summed E-state index contributed by atoms with van der Waals surface area (Å²) >= 11 is 6.29. The molecular formula is C19H24ClNO4. The second-order valence-electron chi connectivity index (χ2n) is 6.24. The highest BCUT2D eigenvalue weighted by molar-refractivity contribution is 6.31. The van der Waals surface area contributed by atoms with E-state index in [1.807, 2.05) is 0 Å². The van der Waals surface area contributed by atoms with Crippen LogP contribution in [0.1, 0.15) is 55.5 Å². The maximum Gasteiger partial charge on any atom is 0.316 e. The third kappa shape index (κ3) is 5.05. The van der Waals surface area contributed by atoms with E-state index in [1.54, 1.807) is 32.0 Å². The second-order valence-corrected chi connectivity index (χ2v) is 6.64. The summed E-state index contributed by atoms with van der Waals surface area (Å²) in [6.45, 7) is 3.64. The summed E-state index contributed by atoms with van der Waals surface area (Å²) in [6, 6.07) is 5.21. The van der Waals surface area contributed by atoms with Crippen LogP contribution >= 0.6 is 11.6 Å². The fourth-order valence-electron chi connectivity index (χ4n) is 2.71. The number of esters is 1. The topological polar surface area (TPSA) is 72.5 Å². The fourth-order valence-corrected chi connectivity index (χ4v) is 2.97. The number of ketones is 1. The van der Waals surface area contributed by atoms with E-state index in [0.29, 0.717) is 16.1 Å². The number of halogens is 1. The summed E-state index contributed by atoms with van der Waals surface area (Å²) < 4.78 is 5.00. The molecule has 1 N–H and O–H groups in total. The molecule has 0 radical (unpaired) electrons. The number of hydrogen-bond acceptors (Lipinski definition) is 4. The van der Waals surface area contributed by atoms with Crippen LogP contribution in [0.25, 0.3) is 0 Å². The average molecular weight is 366 g/mol. The van der Waals surface area contributed by atoms with Gasteiger partial charge in [0.15, 0.2) is 0 Å². The minimum absolute atomic E-state index is 0.148. The molecule has 0 bridgehead atoms. The maximum atomic E-state index is 12.2. The van der Waals surface area contributed by atoms with Gasteiger partial charge >= 0.3 is 5.97 Å². The van der Waals surface area contributed by atoms with Gasteiger partial charge < -0.3 is 10.1 Å². The Bertz CT molecular complexity index is 655. The van der Waals surface area contributed by atoms with Crippen LogP contribution in [0.5, 0.6) is 0 Å². The molecule has 1 unspecified atom stereocenters. The van der Waals surface area contributed by atoms with Gasteiger partial charge in [0.1, 0.15) is 11.7 Å². The molecule has 5 nitrogen and oxygen atoms in total. The zero-order chi connectivity index (χ0) is 18.4. The number of rotatable bonds is 8. The highest BCUT2D eigenvalue weighted by Crippen LogP contribution is 2.24. The molecule has 25 heavy (non-hydrogen) atoms. The fraction of sp³-hybridized carbons (Fsp3) is 0.526. The SMILES string of the molecule is CCOC(=O)C(Cc1ccc(C(=O)NC2CCC2)cc1Cl)C(=O)CC. The van der Waals surface area contributed by atoms with E-state index in [-0.39, 0.29) is 37.2 Å². The van der Waals surface area contributed by atoms with Crippen LogP contribution in [0.2, 0.25) is 5.02 Å². The molecule has 0 spiro atoms. The van der Waals surface area contributed by atoms with Crippen molar-refractivity contribution in [2.24, 2.45) is 5.92 Å². The van der Waals surface area contributed by atoms with Gasteiger partial charge in [0.2, 0.25) is 0 Å². The molecule has 1 aromatic rings. The second kappa shape index (κ2) is 8.99. The molecule has 0 aliphatic heterocycles. The molecule has 1 aliphatic rings. The van der Waals surface area contributed by atoms with Gasteiger partial charge in [-0.15, -0.1) is 0 Å². The molecule has 2 rings (SSSR count). The van der Waals surface area contributed by atoms with Crippen molar-refractivity contribution in [3.8, 4) is 0 Å². The van der Waals surface area contributed by atoms with Gasteiger partial charge in [-0.1, -0.05) is 24.6 Å². The molecule has 0 aromatic heterocycles. The molecule has 6 heteroatoms. The normalized spacial score (nSPS) is 15.2. The van der Waals surface area contributed by atoms with Crippen molar-refractivity contribution in [3.05, 3.63) is 34.3 Å². The van der Waals surface area contributed by atoms with Gasteiger partial charge in [-0.05, 0) is 50.3 Å². The van der Waals surface area contributed by atoms with Crippen LogP contribution in [0.15, 0.2) is 18.2 Å². The molecule has 1 aliphatic carbocycles. The van der Waals surface area contributed by atoms with Gasteiger partial charge in [-0.2, -0.15) is 0 Å². The Morgan fingerprint density at radius 1 is 1.28 bits per heavy atom. The lowest BCUT2D eigenvalue weighted by atomic mass is 9.92. The van der Waals surface area contributed by atoms with E-state index in [2.05, 4.69) is 5.32 Å². The lowest BCUT2D eigenvalue weighted by molar-refractivity contribution is -0.151. The van der Waals surface area contributed by atoms with E-state index < -0.39 is 11.9 Å². The summed E-state index contributed by atoms with van der Waals surface area (Å²) in [6.07, 6.45) is 3.60. The molecule has 1 saturated carbocycles. The van der Waals surface area contributed by atoms with E-state index in [9.17, 15) is 14.4 Å². The number of hydrogen-bond donors (Lipinski definition) is 1. The smallest absolute Gasteiger partial charge is 0.316 e. The largest absolute Gasteiger partial charge is 0.465 e. The van der Waals surface area contributed by atoms with Crippen LogP contribution in [0.4, 0.5) is 0 Å². The van der Waals surface area contributed by atoms with Gasteiger partial charge in [0.25, 0.3) is 5.91 Å². The Morgan fingerprint density at radius 2 is 2.00 bits per heavy atom. The predicted octanol–water partition coefficient (Wildman–Crippen LogP) is 3.32. The first-order valence-electron chi connectivity index (χ1n) is 8.74. The van der Waals surface area contributed by atoms with Gasteiger partial charge in [0, 0.05) is 23.0 Å². The molecule has 0 saturated heterocycles. The summed E-state index contributed by atoms with van der Waals surface area (Å²) in [5.41, 5.74) is 1.14. The number of carbonyl (C=O) groups is 3. The van der Waals surface area contributed by atoms with Crippen LogP contribution < -0.4 is 5.32 Å². The number of nitrogens with one attached hydrogen (secondary N) is 1. The van der Waals surface area contributed by atoms with Crippen molar-refractivity contribution in [1.29, 1.82) is 0 Å². The van der Waals surface area contributed by atoms with Crippen LogP contribution in [-0.2, 0) is 20.7 Å². The van der Waals surface area contributed by atoms with Gasteiger partial charge in [0.05, 0.1) is 6.61 Å². The zero-order valence-electron chi connectivity index (χ0n) is 14.6. The Morgan fingerprint density at radius 3 is 2.52 bits per heavy atom. The lowest BCUT2D eigenvalue weighted by Crippen LogP contribution is -2.39. The molecular weight excluding hydrogens is 342 g/mol. The zero-order valence-corrected chi connectivity index (χ0v) is 15.4. The Hall–Kier alpha value is -1.88. The van der Waals surface area contributed by atoms with E-state index in [1.165, 1.54) is 0 Å². The van der Waals surface area contributed by atoms with Crippen LogP contribution in [-0.4, -0.2) is 30.3 Å². The summed E-state index contributed by atoms with van der Waals surface area (Å²) in [5, 5.41) is 3.33. The van der Waals surface area contributed by atoms with Gasteiger partial charge in [-0.3, -0.25) is 14.4 Å². The molecule has 1 atom stereocenters. The Labute approximate surface area is 153 Å². The monoisotopic (exact) mass is 365 g/mol. The maximum absolute atomic E-state index is 12.2. The molecule has 0 heterocycles. The first-order chi connectivity index (χ1) is 12.0. The van der Waals surface area contributed by atoms with Crippen molar-refractivity contribution in [1.82, 2.24) is 5.32 Å². The number of ether oxygens (including phenoxy) is 1. The Kier molecular flexibility index (Phi) is 7.00. The molecule has 1 amide bonds. The van der Waals surface area contributed by atoms with Crippen molar-refractivity contribution in [2.75, 3.05) is 6.61 Å². The summed E-state index contributed by atoms with van der Waals surface area (Å²) in [7, 11) is 0. The third-order valence-electron chi connectivity index (χ3n) is 4.49. The van der Waals surface area contributed by atoms with Crippen molar-refractivity contribution in [3.63, 3.8) is 0 Å². The number of carbonyl (C=O) groups excluding carboxylic acids is 3. The van der Waals surface area contributed by atoms with Crippen molar-refractivity contribution < 1.29 is 19.1 Å². The van der Waals surface area contributed by atoms with Crippen LogP contribution in [0.3, 0.4) is 0 Å². The van der Waals surface area contributed by atoms with Crippen molar-refractivity contribution >= 4 is 29.3 Å². The van der Waals surface area contributed by atoms with E-state index >= 15 is 0 Å². The Balaban J connectivity index is 2.10. The minimum atomic E-state index is -0.864. The predicted molar refractivity (Wildman–Crippen MR) is 95.7 cm³/mol. The third-order valence-corrected chi connectivity index (χ3v) is 4.84.